The van der Waals surface area contributed by atoms with Gasteiger partial charge in [-0.25, -0.2) is 0 Å². The van der Waals surface area contributed by atoms with Crippen molar-refractivity contribution in [1.29, 1.82) is 0 Å². The van der Waals surface area contributed by atoms with Crippen LogP contribution < -0.4 is 9.64 Å². The van der Waals surface area contributed by atoms with Crippen molar-refractivity contribution in [2.75, 3.05) is 31.2 Å². The minimum Gasteiger partial charge on any atom is -0.491 e. The van der Waals surface area contributed by atoms with E-state index in [1.54, 1.807) is 0 Å². The van der Waals surface area contributed by atoms with E-state index in [4.69, 9.17) is 15.9 Å². The van der Waals surface area contributed by atoms with Crippen molar-refractivity contribution in [3.8, 4) is 18.1 Å². The highest BCUT2D eigenvalue weighted by Gasteiger charge is 2.29. The van der Waals surface area contributed by atoms with Crippen molar-refractivity contribution < 1.29 is 14.6 Å². The van der Waals surface area contributed by atoms with E-state index in [-0.39, 0.29) is 6.10 Å². The number of hydrogen-bond acceptors (Lipinski definition) is 4. The fourth-order valence-electron chi connectivity index (χ4n) is 3.12. The lowest BCUT2D eigenvalue weighted by atomic mass is 9.87. The first-order chi connectivity index (χ1) is 12.5. The van der Waals surface area contributed by atoms with Crippen LogP contribution in [-0.4, -0.2) is 37.5 Å². The molecular weight excluding hydrogens is 326 g/mol. The number of nitrogens with zero attached hydrogens (tertiary/aromatic N) is 1. The standard InChI is InChI=1S/C22H25NO3/c1-4-22(24,19-7-11-21(12-8-19)26-17(2)3)18-5-9-20(10-6-18)23-13-15-25-16-14-23/h1,5-12,17,24H,13-16H2,2-3H3. The molecule has 1 unspecified atom stereocenters. The fraction of sp³-hybridized carbons (Fsp3) is 0.364. The van der Waals surface area contributed by atoms with Gasteiger partial charge in [0.1, 0.15) is 5.75 Å². The number of anilines is 1. The zero-order valence-corrected chi connectivity index (χ0v) is 15.3. The van der Waals surface area contributed by atoms with Gasteiger partial charge in [-0.1, -0.05) is 30.2 Å². The topological polar surface area (TPSA) is 41.9 Å². The van der Waals surface area contributed by atoms with Crippen LogP contribution >= 0.6 is 0 Å². The molecule has 0 aliphatic carbocycles. The van der Waals surface area contributed by atoms with Crippen molar-refractivity contribution in [3.63, 3.8) is 0 Å². The summed E-state index contributed by atoms with van der Waals surface area (Å²) < 4.78 is 11.0. The average Bonchev–Trinajstić information content (AvgIpc) is 2.68. The van der Waals surface area contributed by atoms with E-state index in [0.717, 1.165) is 37.7 Å². The van der Waals surface area contributed by atoms with Crippen molar-refractivity contribution in [2.45, 2.75) is 25.6 Å². The van der Waals surface area contributed by atoms with Crippen molar-refractivity contribution in [1.82, 2.24) is 0 Å². The minimum absolute atomic E-state index is 0.0973. The van der Waals surface area contributed by atoms with Crippen LogP contribution in [0.4, 0.5) is 5.69 Å². The zero-order chi connectivity index (χ0) is 18.6. The molecule has 1 saturated heterocycles. The molecule has 1 fully saturated rings. The third kappa shape index (κ3) is 3.85. The molecule has 0 aromatic heterocycles. The van der Waals surface area contributed by atoms with Crippen molar-refractivity contribution >= 4 is 5.69 Å². The van der Waals surface area contributed by atoms with Gasteiger partial charge in [-0.3, -0.25) is 0 Å². The molecule has 26 heavy (non-hydrogen) atoms. The molecule has 3 rings (SSSR count). The van der Waals surface area contributed by atoms with Crippen LogP contribution in [0.1, 0.15) is 25.0 Å². The molecule has 4 nitrogen and oxygen atoms in total. The Bertz CT molecular complexity index is 755. The molecule has 0 bridgehead atoms. The van der Waals surface area contributed by atoms with E-state index >= 15 is 0 Å². The molecule has 1 N–H and O–H groups in total. The Morgan fingerprint density at radius 1 is 1.04 bits per heavy atom. The van der Waals surface area contributed by atoms with E-state index < -0.39 is 5.60 Å². The van der Waals surface area contributed by atoms with Crippen LogP contribution in [0.3, 0.4) is 0 Å². The quantitative estimate of drug-likeness (QED) is 0.840. The number of ether oxygens (including phenoxy) is 2. The first kappa shape index (κ1) is 18.3. The monoisotopic (exact) mass is 351 g/mol. The third-order valence-electron chi connectivity index (χ3n) is 4.51. The summed E-state index contributed by atoms with van der Waals surface area (Å²) in [5, 5.41) is 11.1. The number of hydrogen-bond donors (Lipinski definition) is 1. The summed E-state index contributed by atoms with van der Waals surface area (Å²) in [6.07, 6.45) is 5.81. The van der Waals surface area contributed by atoms with E-state index in [2.05, 4.69) is 10.8 Å². The summed E-state index contributed by atoms with van der Waals surface area (Å²) >= 11 is 0. The first-order valence-electron chi connectivity index (χ1n) is 8.93. The Morgan fingerprint density at radius 3 is 2.08 bits per heavy atom. The lowest BCUT2D eigenvalue weighted by molar-refractivity contribution is 0.122. The van der Waals surface area contributed by atoms with Crippen LogP contribution in [0.2, 0.25) is 0 Å². The Hall–Kier alpha value is -2.48. The molecule has 1 atom stereocenters. The maximum atomic E-state index is 11.1. The summed E-state index contributed by atoms with van der Waals surface area (Å²) in [4.78, 5) is 2.26. The van der Waals surface area contributed by atoms with E-state index in [9.17, 15) is 5.11 Å². The minimum atomic E-state index is -1.47. The van der Waals surface area contributed by atoms with Gasteiger partial charge in [-0.15, -0.1) is 6.42 Å². The van der Waals surface area contributed by atoms with E-state index in [1.807, 2.05) is 62.4 Å². The predicted octanol–water partition coefficient (Wildman–Crippen LogP) is 3.18. The van der Waals surface area contributed by atoms with E-state index in [1.165, 1.54) is 0 Å². The van der Waals surface area contributed by atoms with Gasteiger partial charge in [-0.05, 0) is 38.1 Å². The maximum Gasteiger partial charge on any atom is 0.176 e. The van der Waals surface area contributed by atoms with Crippen LogP contribution in [0.15, 0.2) is 48.5 Å². The lowest BCUT2D eigenvalue weighted by Crippen LogP contribution is -2.36. The number of morpholine rings is 1. The van der Waals surface area contributed by atoms with Crippen LogP contribution in [0.25, 0.3) is 0 Å². The Morgan fingerprint density at radius 2 is 1.58 bits per heavy atom. The van der Waals surface area contributed by atoms with Crippen LogP contribution in [0.5, 0.6) is 5.75 Å². The molecule has 0 amide bonds. The molecular formula is C22H25NO3. The molecule has 0 radical (unpaired) electrons. The number of terminal acetylenes is 1. The molecule has 4 heteroatoms. The molecule has 0 saturated carbocycles. The maximum absolute atomic E-state index is 11.1. The molecule has 1 aliphatic heterocycles. The Balaban J connectivity index is 1.83. The van der Waals surface area contributed by atoms with E-state index in [0.29, 0.717) is 11.1 Å². The number of aliphatic hydroxyl groups is 1. The molecule has 1 heterocycles. The molecule has 2 aromatic carbocycles. The first-order valence-corrected chi connectivity index (χ1v) is 8.93. The summed E-state index contributed by atoms with van der Waals surface area (Å²) in [5.41, 5.74) is 0.960. The number of rotatable bonds is 5. The van der Waals surface area contributed by atoms with Gasteiger partial charge in [0.25, 0.3) is 0 Å². The van der Waals surface area contributed by atoms with Gasteiger partial charge in [0.2, 0.25) is 0 Å². The van der Waals surface area contributed by atoms with Gasteiger partial charge >= 0.3 is 0 Å². The second kappa shape index (κ2) is 7.82. The molecule has 1 aliphatic rings. The Labute approximate surface area is 155 Å². The van der Waals surface area contributed by atoms with Gasteiger partial charge < -0.3 is 19.5 Å². The summed E-state index contributed by atoms with van der Waals surface area (Å²) in [6.45, 7) is 7.16. The highest BCUT2D eigenvalue weighted by Crippen LogP contribution is 2.31. The number of benzene rings is 2. The van der Waals surface area contributed by atoms with Gasteiger partial charge in [0, 0.05) is 29.9 Å². The molecule has 136 valence electrons. The second-order valence-corrected chi connectivity index (χ2v) is 6.69. The van der Waals surface area contributed by atoms with Crippen LogP contribution in [-0.2, 0) is 10.3 Å². The van der Waals surface area contributed by atoms with Crippen molar-refractivity contribution in [2.24, 2.45) is 0 Å². The fourth-order valence-corrected chi connectivity index (χ4v) is 3.12. The summed E-state index contributed by atoms with van der Waals surface area (Å²) in [6, 6.07) is 15.1. The second-order valence-electron chi connectivity index (χ2n) is 6.69. The van der Waals surface area contributed by atoms with Gasteiger partial charge in [-0.2, -0.15) is 0 Å². The summed E-state index contributed by atoms with van der Waals surface area (Å²) in [7, 11) is 0. The molecule has 2 aromatic rings. The highest BCUT2D eigenvalue weighted by molar-refractivity contribution is 5.52. The summed E-state index contributed by atoms with van der Waals surface area (Å²) in [5.74, 6) is 3.31. The largest absolute Gasteiger partial charge is 0.491 e. The third-order valence-corrected chi connectivity index (χ3v) is 4.51. The predicted molar refractivity (Wildman–Crippen MR) is 104 cm³/mol. The smallest absolute Gasteiger partial charge is 0.176 e. The average molecular weight is 351 g/mol. The zero-order valence-electron chi connectivity index (χ0n) is 15.3. The lowest BCUT2D eigenvalue weighted by Gasteiger charge is -2.30. The van der Waals surface area contributed by atoms with Crippen LogP contribution in [0, 0.1) is 12.3 Å². The van der Waals surface area contributed by atoms with Gasteiger partial charge in [0.05, 0.1) is 19.3 Å². The van der Waals surface area contributed by atoms with Crippen molar-refractivity contribution in [3.05, 3.63) is 59.7 Å². The highest BCUT2D eigenvalue weighted by atomic mass is 16.5. The SMILES string of the molecule is C#CC(O)(c1ccc(OC(C)C)cc1)c1ccc(N2CCOCC2)cc1. The normalized spacial score (nSPS) is 16.8. The molecule has 0 spiro atoms. The Kier molecular flexibility index (Phi) is 5.51. The van der Waals surface area contributed by atoms with Gasteiger partial charge in [0.15, 0.2) is 5.60 Å².